The van der Waals surface area contributed by atoms with Crippen molar-refractivity contribution in [3.05, 3.63) is 78.4 Å². The fraction of sp³-hybridized carbons (Fsp3) is 0.308. The van der Waals surface area contributed by atoms with E-state index in [9.17, 15) is 5.26 Å². The van der Waals surface area contributed by atoms with Crippen LogP contribution in [-0.2, 0) is 0 Å². The Balaban J connectivity index is 1.61. The van der Waals surface area contributed by atoms with Gasteiger partial charge >= 0.3 is 0 Å². The Morgan fingerprint density at radius 2 is 1.91 bits per heavy atom. The predicted octanol–water partition coefficient (Wildman–Crippen LogP) is 5.99. The summed E-state index contributed by atoms with van der Waals surface area (Å²) in [5.74, 6) is 2.52. The van der Waals surface area contributed by atoms with Crippen molar-refractivity contribution in [1.82, 2.24) is 4.31 Å². The summed E-state index contributed by atoms with van der Waals surface area (Å²) in [4.78, 5) is 0. The highest BCUT2D eigenvalue weighted by Crippen LogP contribution is 2.62. The molecule has 1 spiro atoms. The van der Waals surface area contributed by atoms with Crippen LogP contribution in [0.4, 0.5) is 0 Å². The van der Waals surface area contributed by atoms with E-state index in [1.807, 2.05) is 75.3 Å². The highest BCUT2D eigenvalue weighted by atomic mass is 32.3. The normalized spacial score (nSPS) is 18.5. The molecule has 7 heteroatoms. The van der Waals surface area contributed by atoms with Crippen molar-refractivity contribution < 1.29 is 17.1 Å². The molecule has 1 unspecified atom stereocenters. The van der Waals surface area contributed by atoms with E-state index in [0.717, 1.165) is 18.5 Å². The molecule has 1 aromatic heterocycles. The lowest BCUT2D eigenvalue weighted by molar-refractivity contribution is -0.526. The highest BCUT2D eigenvalue weighted by Gasteiger charge is 2.54. The third-order valence-corrected chi connectivity index (χ3v) is 8.52. The average molecular weight is 463 g/mol. The standard InChI is InChI=1S/C26H28N3O3S/c1-3-5-11-20(4-2)19-30-25-15-10-17-29-26(25)21(18-27)22-12-8-9-16-28(22)33(29)31-23-13-6-7-14-24(23)32-33/h6-10,12-17,20H,3-5,11,19H2,1-2H3/q+1. The van der Waals surface area contributed by atoms with Crippen LogP contribution >= 0.6 is 11.0 Å². The van der Waals surface area contributed by atoms with E-state index in [0.29, 0.717) is 41.0 Å². The van der Waals surface area contributed by atoms with Crippen LogP contribution in [0.15, 0.2) is 72.7 Å². The molecule has 0 radical (unpaired) electrons. The summed E-state index contributed by atoms with van der Waals surface area (Å²) in [5.41, 5.74) is 1.98. The quantitative estimate of drug-likeness (QED) is 0.473. The molecule has 0 fully saturated rings. The maximum atomic E-state index is 10.2. The number of benzene rings is 1. The molecule has 1 aromatic carbocycles. The number of aromatic nitrogens is 1. The van der Waals surface area contributed by atoms with Gasteiger partial charge in [-0.3, -0.25) is 0 Å². The molecule has 3 aliphatic rings. The van der Waals surface area contributed by atoms with Gasteiger partial charge in [0.25, 0.3) is 5.69 Å². The number of fused-ring (bicyclic) bond motifs is 5. The van der Waals surface area contributed by atoms with Gasteiger partial charge in [-0.2, -0.15) is 9.57 Å². The van der Waals surface area contributed by atoms with Gasteiger partial charge in [-0.1, -0.05) is 51.3 Å². The van der Waals surface area contributed by atoms with E-state index < -0.39 is 11.0 Å². The molecule has 0 saturated carbocycles. The summed E-state index contributed by atoms with van der Waals surface area (Å²) < 4.78 is 23.4. The SMILES string of the molecule is CCCCC(CC)COc1ccc[n+]2c1C(C#N)=C1C=CC=CN1S21Oc2ccccc2O1. The van der Waals surface area contributed by atoms with Crippen LogP contribution in [-0.4, -0.2) is 10.9 Å². The molecule has 4 heterocycles. The molecule has 0 saturated heterocycles. The lowest BCUT2D eigenvalue weighted by Gasteiger charge is -2.42. The second-order valence-electron chi connectivity index (χ2n) is 8.23. The third kappa shape index (κ3) is 3.55. The summed E-state index contributed by atoms with van der Waals surface area (Å²) in [6.07, 6.45) is 14.2. The molecule has 0 N–H and O–H groups in total. The van der Waals surface area contributed by atoms with Gasteiger partial charge in [-0.05, 0) is 46.7 Å². The van der Waals surface area contributed by atoms with E-state index in [4.69, 9.17) is 13.1 Å². The van der Waals surface area contributed by atoms with Crippen LogP contribution in [0.25, 0.3) is 5.57 Å². The van der Waals surface area contributed by atoms with Gasteiger partial charge in [0.05, 0.1) is 12.3 Å². The van der Waals surface area contributed by atoms with E-state index in [2.05, 4.69) is 19.9 Å². The molecular formula is C26H28N3O3S+. The van der Waals surface area contributed by atoms with Crippen LogP contribution in [0.2, 0.25) is 0 Å². The van der Waals surface area contributed by atoms with E-state index in [1.54, 1.807) is 0 Å². The van der Waals surface area contributed by atoms with Gasteiger partial charge in [0.15, 0.2) is 22.3 Å². The molecule has 33 heavy (non-hydrogen) atoms. The van der Waals surface area contributed by atoms with E-state index >= 15 is 0 Å². The number of pyridine rings is 1. The zero-order valence-electron chi connectivity index (χ0n) is 18.9. The zero-order chi connectivity index (χ0) is 22.8. The summed E-state index contributed by atoms with van der Waals surface area (Å²) >= 11 is 0. The summed E-state index contributed by atoms with van der Waals surface area (Å²) in [7, 11) is -2.48. The maximum Gasteiger partial charge on any atom is 0.299 e. The van der Waals surface area contributed by atoms with Crippen molar-refractivity contribution in [3.63, 3.8) is 0 Å². The number of hydrogen-bond acceptors (Lipinski definition) is 5. The molecule has 0 bridgehead atoms. The Bertz CT molecular complexity index is 1170. The number of hydrogen-bond donors (Lipinski definition) is 0. The summed E-state index contributed by atoms with van der Waals surface area (Å²) in [6, 6.07) is 14.0. The fourth-order valence-corrected chi connectivity index (χ4v) is 6.82. The summed E-state index contributed by atoms with van der Waals surface area (Å²) in [5, 5.41) is 10.2. The van der Waals surface area contributed by atoms with Crippen LogP contribution in [0, 0.1) is 17.2 Å². The van der Waals surface area contributed by atoms with E-state index in [1.165, 1.54) is 12.8 Å². The van der Waals surface area contributed by atoms with Gasteiger partial charge in [-0.25, -0.2) is 0 Å². The topological polar surface area (TPSA) is 58.6 Å². The molecule has 1 atom stereocenters. The molecule has 2 aromatic rings. The van der Waals surface area contributed by atoms with Crippen LogP contribution in [0.3, 0.4) is 0 Å². The van der Waals surface area contributed by atoms with Gasteiger partial charge in [0, 0.05) is 12.3 Å². The van der Waals surface area contributed by atoms with E-state index in [-0.39, 0.29) is 0 Å². The molecule has 6 nitrogen and oxygen atoms in total. The number of rotatable bonds is 7. The number of nitrogens with zero attached hydrogens (tertiary/aromatic N) is 3. The first-order chi connectivity index (χ1) is 16.2. The highest BCUT2D eigenvalue weighted by molar-refractivity contribution is 8.19. The van der Waals surface area contributed by atoms with Crippen molar-refractivity contribution in [3.8, 4) is 23.3 Å². The van der Waals surface area contributed by atoms with Crippen molar-refractivity contribution in [1.29, 1.82) is 5.26 Å². The molecular weight excluding hydrogens is 434 g/mol. The average Bonchev–Trinajstić information content (AvgIpc) is 3.25. The summed E-state index contributed by atoms with van der Waals surface area (Å²) in [6.45, 7) is 5.03. The number of para-hydroxylation sites is 2. The minimum absolute atomic E-state index is 0.478. The molecule has 0 aliphatic carbocycles. The zero-order valence-corrected chi connectivity index (χ0v) is 19.8. The molecule has 170 valence electrons. The lowest BCUT2D eigenvalue weighted by Crippen LogP contribution is -2.55. The Hall–Kier alpha value is -3.37. The van der Waals surface area contributed by atoms with Gasteiger partial charge in [0.1, 0.15) is 6.07 Å². The van der Waals surface area contributed by atoms with Gasteiger partial charge < -0.3 is 13.1 Å². The number of ether oxygens (including phenoxy) is 1. The first kappa shape index (κ1) is 21.5. The molecule has 3 aliphatic heterocycles. The van der Waals surface area contributed by atoms with Gasteiger partial charge in [-0.15, -0.1) is 0 Å². The Morgan fingerprint density at radius 3 is 2.61 bits per heavy atom. The van der Waals surface area contributed by atoms with Crippen molar-refractivity contribution >= 4 is 16.5 Å². The fourth-order valence-electron chi connectivity index (χ4n) is 4.27. The Morgan fingerprint density at radius 1 is 1.12 bits per heavy atom. The molecule has 0 amide bonds. The molecule has 5 rings (SSSR count). The lowest BCUT2D eigenvalue weighted by atomic mass is 10.0. The largest absolute Gasteiger partial charge is 0.487 e. The minimum Gasteiger partial charge on any atom is -0.487 e. The van der Waals surface area contributed by atoms with Crippen molar-refractivity contribution in [2.24, 2.45) is 5.92 Å². The predicted molar refractivity (Wildman–Crippen MR) is 129 cm³/mol. The first-order valence-electron chi connectivity index (χ1n) is 11.5. The number of unbranched alkanes of at least 4 members (excludes halogenated alkanes) is 1. The number of allylic oxidation sites excluding steroid dienone is 4. The van der Waals surface area contributed by atoms with Gasteiger partial charge in [0.2, 0.25) is 17.7 Å². The second-order valence-corrected chi connectivity index (χ2v) is 10.2. The second kappa shape index (κ2) is 8.87. The smallest absolute Gasteiger partial charge is 0.299 e. The minimum atomic E-state index is -2.48. The Kier molecular flexibility index (Phi) is 5.77. The number of nitriles is 1. The van der Waals surface area contributed by atoms with Crippen LogP contribution in [0.5, 0.6) is 17.2 Å². The van der Waals surface area contributed by atoms with Crippen molar-refractivity contribution in [2.45, 2.75) is 39.5 Å². The Labute approximate surface area is 197 Å². The maximum absolute atomic E-state index is 10.2. The third-order valence-electron chi connectivity index (χ3n) is 6.11. The van der Waals surface area contributed by atoms with Crippen molar-refractivity contribution in [2.75, 3.05) is 6.61 Å². The monoisotopic (exact) mass is 462 g/mol. The van der Waals surface area contributed by atoms with Crippen LogP contribution in [0.1, 0.15) is 45.2 Å². The first-order valence-corrected chi connectivity index (χ1v) is 12.9. The van der Waals surface area contributed by atoms with Crippen LogP contribution < -0.4 is 17.1 Å².